The SMILES string of the molecule is Cc1ccc(C)c(OC[C@H](O)CN2C(=O)c3ccccc3C2=O)c1. The predicted octanol–water partition coefficient (Wildman–Crippen LogP) is 2.34. The van der Waals surface area contributed by atoms with E-state index in [2.05, 4.69) is 0 Å². The highest BCUT2D eigenvalue weighted by atomic mass is 16.5. The molecule has 0 saturated carbocycles. The Morgan fingerprint density at radius 2 is 1.67 bits per heavy atom. The van der Waals surface area contributed by atoms with Crippen LogP contribution in [0.25, 0.3) is 0 Å². The minimum Gasteiger partial charge on any atom is -0.491 e. The highest BCUT2D eigenvalue weighted by molar-refractivity contribution is 6.21. The van der Waals surface area contributed by atoms with Gasteiger partial charge in [0.2, 0.25) is 0 Å². The summed E-state index contributed by atoms with van der Waals surface area (Å²) in [5.74, 6) is -0.0563. The largest absolute Gasteiger partial charge is 0.491 e. The molecule has 0 spiro atoms. The molecule has 1 atom stereocenters. The number of aliphatic hydroxyl groups is 1. The zero-order valence-electron chi connectivity index (χ0n) is 13.7. The first kappa shape index (κ1) is 16.2. The van der Waals surface area contributed by atoms with E-state index in [1.807, 2.05) is 32.0 Å². The highest BCUT2D eigenvalue weighted by Crippen LogP contribution is 2.23. The van der Waals surface area contributed by atoms with Crippen LogP contribution in [-0.2, 0) is 0 Å². The second-order valence-corrected chi connectivity index (χ2v) is 6.00. The third-order valence-corrected chi connectivity index (χ3v) is 4.05. The normalized spacial score (nSPS) is 14.7. The molecular formula is C19H19NO4. The van der Waals surface area contributed by atoms with E-state index >= 15 is 0 Å². The van der Waals surface area contributed by atoms with Crippen LogP contribution < -0.4 is 4.74 Å². The molecule has 5 nitrogen and oxygen atoms in total. The lowest BCUT2D eigenvalue weighted by atomic mass is 10.1. The van der Waals surface area contributed by atoms with Crippen LogP contribution in [0.3, 0.4) is 0 Å². The molecule has 0 aromatic heterocycles. The molecule has 1 heterocycles. The number of aliphatic hydroxyl groups excluding tert-OH is 1. The summed E-state index contributed by atoms with van der Waals surface area (Å²) in [5.41, 5.74) is 2.79. The quantitative estimate of drug-likeness (QED) is 0.857. The van der Waals surface area contributed by atoms with Crippen LogP contribution in [0.1, 0.15) is 31.8 Å². The van der Waals surface area contributed by atoms with E-state index in [-0.39, 0.29) is 25.0 Å². The van der Waals surface area contributed by atoms with Crippen molar-refractivity contribution >= 4 is 11.8 Å². The Morgan fingerprint density at radius 3 is 2.29 bits per heavy atom. The minimum absolute atomic E-state index is 0.0116. The van der Waals surface area contributed by atoms with Gasteiger partial charge in [-0.3, -0.25) is 14.5 Å². The van der Waals surface area contributed by atoms with Crippen LogP contribution in [0, 0.1) is 13.8 Å². The molecule has 0 radical (unpaired) electrons. The van der Waals surface area contributed by atoms with Gasteiger partial charge in [0.1, 0.15) is 18.5 Å². The number of fused-ring (bicyclic) bond motifs is 1. The molecule has 0 fully saturated rings. The fourth-order valence-corrected chi connectivity index (χ4v) is 2.72. The van der Waals surface area contributed by atoms with Crippen molar-refractivity contribution in [3.05, 3.63) is 64.7 Å². The Hall–Kier alpha value is -2.66. The lowest BCUT2D eigenvalue weighted by molar-refractivity contribution is 0.0456. The van der Waals surface area contributed by atoms with Crippen molar-refractivity contribution in [3.8, 4) is 5.75 Å². The number of aryl methyl sites for hydroxylation is 2. The van der Waals surface area contributed by atoms with Crippen LogP contribution in [0.4, 0.5) is 0 Å². The standard InChI is InChI=1S/C19H19NO4/c1-12-7-8-13(2)17(9-12)24-11-14(21)10-20-18(22)15-5-3-4-6-16(15)19(20)23/h3-9,14,21H,10-11H2,1-2H3/t14-/m1/s1. The number of hydrogen-bond acceptors (Lipinski definition) is 4. The number of ether oxygens (including phenoxy) is 1. The van der Waals surface area contributed by atoms with Gasteiger partial charge in [-0.15, -0.1) is 0 Å². The number of benzene rings is 2. The summed E-state index contributed by atoms with van der Waals surface area (Å²) in [4.78, 5) is 25.6. The number of imide groups is 1. The summed E-state index contributed by atoms with van der Waals surface area (Å²) in [6.07, 6.45) is -0.952. The number of nitrogens with zero attached hydrogens (tertiary/aromatic N) is 1. The van der Waals surface area contributed by atoms with E-state index in [4.69, 9.17) is 4.74 Å². The van der Waals surface area contributed by atoms with Crippen LogP contribution in [0.2, 0.25) is 0 Å². The van der Waals surface area contributed by atoms with Gasteiger partial charge in [0.15, 0.2) is 0 Å². The number of β-amino-alcohol motifs (C(OH)–C–C–N with tert-alkyl or cyclic N) is 1. The molecule has 2 aromatic rings. The molecule has 1 aliphatic heterocycles. The van der Waals surface area contributed by atoms with E-state index in [1.54, 1.807) is 24.3 Å². The van der Waals surface area contributed by atoms with E-state index in [1.165, 1.54) is 0 Å². The highest BCUT2D eigenvalue weighted by Gasteiger charge is 2.36. The van der Waals surface area contributed by atoms with E-state index in [0.717, 1.165) is 16.0 Å². The van der Waals surface area contributed by atoms with E-state index < -0.39 is 6.10 Å². The summed E-state index contributed by atoms with van der Waals surface area (Å²) in [6.45, 7) is 3.81. The summed E-state index contributed by atoms with van der Waals surface area (Å²) in [7, 11) is 0. The van der Waals surface area contributed by atoms with Crippen LogP contribution in [0.15, 0.2) is 42.5 Å². The molecule has 0 unspecified atom stereocenters. The summed E-state index contributed by atoms with van der Waals surface area (Å²) in [6, 6.07) is 12.5. The van der Waals surface area contributed by atoms with Gasteiger partial charge < -0.3 is 9.84 Å². The Balaban J connectivity index is 1.64. The zero-order valence-corrected chi connectivity index (χ0v) is 13.7. The van der Waals surface area contributed by atoms with Gasteiger partial charge in [0.25, 0.3) is 11.8 Å². The van der Waals surface area contributed by atoms with Crippen LogP contribution in [0.5, 0.6) is 5.75 Å². The second kappa shape index (κ2) is 6.45. The van der Waals surface area contributed by atoms with Gasteiger partial charge in [-0.1, -0.05) is 24.3 Å². The second-order valence-electron chi connectivity index (χ2n) is 6.00. The number of carbonyl (C=O) groups is 2. The molecule has 0 bridgehead atoms. The third kappa shape index (κ3) is 3.03. The van der Waals surface area contributed by atoms with E-state index in [0.29, 0.717) is 16.9 Å². The van der Waals surface area contributed by atoms with Gasteiger partial charge >= 0.3 is 0 Å². The van der Waals surface area contributed by atoms with Crippen molar-refractivity contribution in [2.75, 3.05) is 13.2 Å². The van der Waals surface area contributed by atoms with Gasteiger partial charge in [0.05, 0.1) is 17.7 Å². The maximum atomic E-state index is 12.3. The summed E-state index contributed by atoms with van der Waals surface area (Å²) >= 11 is 0. The molecule has 1 N–H and O–H groups in total. The third-order valence-electron chi connectivity index (χ3n) is 4.05. The Labute approximate surface area is 140 Å². The summed E-state index contributed by atoms with van der Waals surface area (Å²) < 4.78 is 5.64. The minimum atomic E-state index is -0.952. The molecular weight excluding hydrogens is 306 g/mol. The lowest BCUT2D eigenvalue weighted by Crippen LogP contribution is -2.39. The summed E-state index contributed by atoms with van der Waals surface area (Å²) in [5, 5.41) is 10.2. The molecule has 0 saturated heterocycles. The first-order chi connectivity index (χ1) is 11.5. The van der Waals surface area contributed by atoms with Gasteiger partial charge in [0, 0.05) is 0 Å². The average molecular weight is 325 g/mol. The molecule has 0 aliphatic carbocycles. The molecule has 2 amide bonds. The van der Waals surface area contributed by atoms with Gasteiger partial charge in [-0.2, -0.15) is 0 Å². The number of hydrogen-bond donors (Lipinski definition) is 1. The zero-order chi connectivity index (χ0) is 17.3. The monoisotopic (exact) mass is 325 g/mol. The maximum Gasteiger partial charge on any atom is 0.261 e. The van der Waals surface area contributed by atoms with Crippen molar-refractivity contribution in [2.45, 2.75) is 20.0 Å². The average Bonchev–Trinajstić information content (AvgIpc) is 2.81. The Morgan fingerprint density at radius 1 is 1.04 bits per heavy atom. The molecule has 3 rings (SSSR count). The Kier molecular flexibility index (Phi) is 4.36. The van der Waals surface area contributed by atoms with Crippen molar-refractivity contribution in [1.29, 1.82) is 0 Å². The first-order valence-corrected chi connectivity index (χ1v) is 7.80. The number of rotatable bonds is 5. The predicted molar refractivity (Wildman–Crippen MR) is 89.2 cm³/mol. The fourth-order valence-electron chi connectivity index (χ4n) is 2.72. The van der Waals surface area contributed by atoms with Gasteiger partial charge in [-0.05, 0) is 43.2 Å². The molecule has 5 heteroatoms. The molecule has 24 heavy (non-hydrogen) atoms. The smallest absolute Gasteiger partial charge is 0.261 e. The molecule has 124 valence electrons. The van der Waals surface area contributed by atoms with E-state index in [9.17, 15) is 14.7 Å². The fraction of sp³-hybridized carbons (Fsp3) is 0.263. The maximum absolute atomic E-state index is 12.3. The van der Waals surface area contributed by atoms with Crippen molar-refractivity contribution in [3.63, 3.8) is 0 Å². The molecule has 2 aromatic carbocycles. The van der Waals surface area contributed by atoms with Gasteiger partial charge in [-0.25, -0.2) is 0 Å². The van der Waals surface area contributed by atoms with Crippen molar-refractivity contribution in [2.24, 2.45) is 0 Å². The lowest BCUT2D eigenvalue weighted by Gasteiger charge is -2.19. The van der Waals surface area contributed by atoms with Crippen molar-refractivity contribution < 1.29 is 19.4 Å². The number of amides is 2. The van der Waals surface area contributed by atoms with Crippen molar-refractivity contribution in [1.82, 2.24) is 4.90 Å². The first-order valence-electron chi connectivity index (χ1n) is 7.80. The van der Waals surface area contributed by atoms with Crippen LogP contribution in [-0.4, -0.2) is 41.1 Å². The van der Waals surface area contributed by atoms with Crippen LogP contribution >= 0.6 is 0 Å². The topological polar surface area (TPSA) is 66.8 Å². The Bertz CT molecular complexity index is 765. The molecule has 1 aliphatic rings. The number of carbonyl (C=O) groups excluding carboxylic acids is 2.